The maximum atomic E-state index is 12.2. The summed E-state index contributed by atoms with van der Waals surface area (Å²) in [6, 6.07) is 0. The van der Waals surface area contributed by atoms with Crippen LogP contribution in [0, 0.1) is 0 Å². The smallest absolute Gasteiger partial charge is 0.272 e. The van der Waals surface area contributed by atoms with Gasteiger partial charge in [-0.15, -0.1) is 0 Å². The average Bonchev–Trinajstić information content (AvgIpc) is 2.84. The summed E-state index contributed by atoms with van der Waals surface area (Å²) in [5, 5.41) is 7.18. The largest absolute Gasteiger partial charge is 0.396 e. The number of nitrogens with two attached hydrogens (primary N) is 1. The quantitative estimate of drug-likeness (QED) is 0.836. The van der Waals surface area contributed by atoms with Crippen LogP contribution in [-0.4, -0.2) is 21.2 Å². The summed E-state index contributed by atoms with van der Waals surface area (Å²) >= 11 is 0. The molecule has 3 N–H and O–H groups in total. The zero-order valence-electron chi connectivity index (χ0n) is 10.5. The number of carbonyl (C=O) groups is 1. The normalized spacial score (nSPS) is 18.2. The van der Waals surface area contributed by atoms with Crippen LogP contribution in [-0.2, 0) is 6.54 Å². The van der Waals surface area contributed by atoms with Gasteiger partial charge in [0.15, 0.2) is 0 Å². The first-order valence-corrected chi connectivity index (χ1v) is 6.19. The number of nitrogens with one attached hydrogen (secondary N) is 1. The highest BCUT2D eigenvalue weighted by atomic mass is 16.2. The fraction of sp³-hybridized carbons (Fsp3) is 0.667. The molecule has 5 nitrogen and oxygen atoms in total. The summed E-state index contributed by atoms with van der Waals surface area (Å²) in [6.45, 7) is 4.69. The second kappa shape index (κ2) is 4.39. The van der Waals surface area contributed by atoms with Crippen molar-refractivity contribution in [3.63, 3.8) is 0 Å². The fourth-order valence-corrected chi connectivity index (χ4v) is 2.50. The summed E-state index contributed by atoms with van der Waals surface area (Å²) in [5.41, 5.74) is 6.65. The zero-order valence-corrected chi connectivity index (χ0v) is 10.5. The molecule has 94 valence electrons. The van der Waals surface area contributed by atoms with Crippen LogP contribution in [0.3, 0.4) is 0 Å². The average molecular weight is 236 g/mol. The van der Waals surface area contributed by atoms with E-state index in [1.54, 1.807) is 4.68 Å². The van der Waals surface area contributed by atoms with Gasteiger partial charge < -0.3 is 11.1 Å². The molecule has 1 saturated carbocycles. The monoisotopic (exact) mass is 236 g/mol. The molecule has 1 aromatic rings. The number of nitrogens with zero attached hydrogens (tertiary/aromatic N) is 2. The molecule has 0 aromatic carbocycles. The maximum absolute atomic E-state index is 12.2. The van der Waals surface area contributed by atoms with Gasteiger partial charge in [-0.3, -0.25) is 9.48 Å². The van der Waals surface area contributed by atoms with Crippen molar-refractivity contribution < 1.29 is 4.79 Å². The Kier molecular flexibility index (Phi) is 3.09. The van der Waals surface area contributed by atoms with E-state index in [9.17, 15) is 4.79 Å². The van der Waals surface area contributed by atoms with Crippen LogP contribution in [0.5, 0.6) is 0 Å². The minimum Gasteiger partial charge on any atom is -0.396 e. The maximum Gasteiger partial charge on any atom is 0.272 e. The molecule has 1 aliphatic carbocycles. The third-order valence-electron chi connectivity index (χ3n) is 3.50. The molecule has 1 heterocycles. The summed E-state index contributed by atoms with van der Waals surface area (Å²) < 4.78 is 1.64. The molecule has 1 amide bonds. The van der Waals surface area contributed by atoms with Crippen molar-refractivity contribution in [1.82, 2.24) is 15.1 Å². The molecule has 0 radical (unpaired) electrons. The van der Waals surface area contributed by atoms with Crippen LogP contribution in [0.1, 0.15) is 50.0 Å². The molecule has 2 rings (SSSR count). The number of hydrogen-bond acceptors (Lipinski definition) is 3. The van der Waals surface area contributed by atoms with Gasteiger partial charge >= 0.3 is 0 Å². The third-order valence-corrected chi connectivity index (χ3v) is 3.50. The van der Waals surface area contributed by atoms with E-state index in [1.807, 2.05) is 6.92 Å². The SMILES string of the molecule is CCn1ncc(N)c1C(=O)NC1(C)CCCC1. The van der Waals surface area contributed by atoms with Gasteiger partial charge in [0, 0.05) is 12.1 Å². The Morgan fingerprint density at radius 1 is 1.59 bits per heavy atom. The number of amides is 1. The molecule has 0 aliphatic heterocycles. The van der Waals surface area contributed by atoms with Crippen molar-refractivity contribution in [2.45, 2.75) is 51.6 Å². The van der Waals surface area contributed by atoms with E-state index in [2.05, 4.69) is 17.3 Å². The molecule has 0 spiro atoms. The summed E-state index contributed by atoms with van der Waals surface area (Å²) in [5.74, 6) is -0.105. The first kappa shape index (κ1) is 12.0. The number of carbonyl (C=O) groups excluding carboxylic acids is 1. The molecule has 17 heavy (non-hydrogen) atoms. The van der Waals surface area contributed by atoms with E-state index in [1.165, 1.54) is 19.0 Å². The summed E-state index contributed by atoms with van der Waals surface area (Å²) in [4.78, 5) is 12.2. The van der Waals surface area contributed by atoms with Crippen LogP contribution >= 0.6 is 0 Å². The first-order chi connectivity index (χ1) is 8.06. The third kappa shape index (κ3) is 2.28. The van der Waals surface area contributed by atoms with Gasteiger partial charge in [0.1, 0.15) is 5.69 Å². The van der Waals surface area contributed by atoms with Crippen LogP contribution in [0.2, 0.25) is 0 Å². The Morgan fingerprint density at radius 3 is 2.82 bits per heavy atom. The van der Waals surface area contributed by atoms with Gasteiger partial charge in [0.05, 0.1) is 11.9 Å². The van der Waals surface area contributed by atoms with Crippen molar-refractivity contribution in [2.24, 2.45) is 0 Å². The second-order valence-corrected chi connectivity index (χ2v) is 4.99. The van der Waals surface area contributed by atoms with Gasteiger partial charge in [-0.05, 0) is 26.7 Å². The molecule has 1 aromatic heterocycles. The van der Waals surface area contributed by atoms with Crippen molar-refractivity contribution in [3.05, 3.63) is 11.9 Å². The molecular formula is C12H20N4O. The number of nitrogen functional groups attached to an aromatic ring is 1. The minimum atomic E-state index is -0.105. The van der Waals surface area contributed by atoms with Crippen molar-refractivity contribution in [3.8, 4) is 0 Å². The molecule has 1 fully saturated rings. The topological polar surface area (TPSA) is 72.9 Å². The van der Waals surface area contributed by atoms with Crippen molar-refractivity contribution in [1.29, 1.82) is 0 Å². The van der Waals surface area contributed by atoms with Gasteiger partial charge in [-0.25, -0.2) is 0 Å². The van der Waals surface area contributed by atoms with E-state index < -0.39 is 0 Å². The Hall–Kier alpha value is -1.52. The Bertz CT molecular complexity index is 418. The Balaban J connectivity index is 2.16. The van der Waals surface area contributed by atoms with Gasteiger partial charge in [-0.2, -0.15) is 5.10 Å². The zero-order chi connectivity index (χ0) is 12.5. The lowest BCUT2D eigenvalue weighted by Gasteiger charge is -2.25. The molecular weight excluding hydrogens is 216 g/mol. The van der Waals surface area contributed by atoms with E-state index in [0.29, 0.717) is 17.9 Å². The lowest BCUT2D eigenvalue weighted by Crippen LogP contribution is -2.44. The van der Waals surface area contributed by atoms with Crippen molar-refractivity contribution in [2.75, 3.05) is 5.73 Å². The van der Waals surface area contributed by atoms with Crippen LogP contribution in [0.25, 0.3) is 0 Å². The fourth-order valence-electron chi connectivity index (χ4n) is 2.50. The van der Waals surface area contributed by atoms with E-state index in [0.717, 1.165) is 12.8 Å². The lowest BCUT2D eigenvalue weighted by molar-refractivity contribution is 0.0898. The minimum absolute atomic E-state index is 0.0770. The molecule has 1 aliphatic rings. The van der Waals surface area contributed by atoms with Crippen molar-refractivity contribution >= 4 is 11.6 Å². The Morgan fingerprint density at radius 2 is 2.24 bits per heavy atom. The number of aryl methyl sites for hydroxylation is 1. The van der Waals surface area contributed by atoms with Gasteiger partial charge in [0.2, 0.25) is 0 Å². The number of hydrogen-bond donors (Lipinski definition) is 2. The highest BCUT2D eigenvalue weighted by molar-refractivity contribution is 5.97. The Labute approximate surface area is 101 Å². The number of anilines is 1. The van der Waals surface area contributed by atoms with Gasteiger partial charge in [0.25, 0.3) is 5.91 Å². The highest BCUT2D eigenvalue weighted by Crippen LogP contribution is 2.29. The van der Waals surface area contributed by atoms with Gasteiger partial charge in [-0.1, -0.05) is 12.8 Å². The first-order valence-electron chi connectivity index (χ1n) is 6.19. The summed E-state index contributed by atoms with van der Waals surface area (Å²) in [7, 11) is 0. The van der Waals surface area contributed by atoms with E-state index in [-0.39, 0.29) is 11.4 Å². The second-order valence-electron chi connectivity index (χ2n) is 4.99. The lowest BCUT2D eigenvalue weighted by atomic mass is 10.0. The molecule has 0 atom stereocenters. The highest BCUT2D eigenvalue weighted by Gasteiger charge is 2.31. The predicted octanol–water partition coefficient (Wildman–Crippen LogP) is 1.55. The number of aromatic nitrogens is 2. The molecule has 0 bridgehead atoms. The van der Waals surface area contributed by atoms with E-state index >= 15 is 0 Å². The predicted molar refractivity (Wildman–Crippen MR) is 66.7 cm³/mol. The standard InChI is InChI=1S/C12H20N4O/c1-3-16-10(9(13)8-14-16)11(17)15-12(2)6-4-5-7-12/h8H,3-7,13H2,1-2H3,(H,15,17). The van der Waals surface area contributed by atoms with E-state index in [4.69, 9.17) is 5.73 Å². The molecule has 0 saturated heterocycles. The number of rotatable bonds is 3. The van der Waals surface area contributed by atoms with Crippen LogP contribution in [0.15, 0.2) is 6.20 Å². The van der Waals surface area contributed by atoms with Crippen LogP contribution in [0.4, 0.5) is 5.69 Å². The molecule has 5 heteroatoms. The summed E-state index contributed by atoms with van der Waals surface area (Å²) in [6.07, 6.45) is 5.98. The molecule has 0 unspecified atom stereocenters. The van der Waals surface area contributed by atoms with Crippen LogP contribution < -0.4 is 11.1 Å².